The summed E-state index contributed by atoms with van der Waals surface area (Å²) in [7, 11) is 2.16. The number of aryl methyl sites for hydroxylation is 1. The fraction of sp³-hybridized carbons (Fsp3) is 0.733. The van der Waals surface area contributed by atoms with Crippen molar-refractivity contribution < 1.29 is 4.79 Å². The van der Waals surface area contributed by atoms with Crippen LogP contribution in [0.15, 0.2) is 0 Å². The molecule has 0 N–H and O–H groups in total. The zero-order valence-electron chi connectivity index (χ0n) is 11.7. The summed E-state index contributed by atoms with van der Waals surface area (Å²) in [5.41, 5.74) is 1.05. The van der Waals surface area contributed by atoms with E-state index in [1.54, 1.807) is 11.3 Å². The number of Topliss-reactive ketones (excluding diaryl/α,β-unsaturated/α-hetero) is 1. The van der Waals surface area contributed by atoms with Gasteiger partial charge in [0.1, 0.15) is 0 Å². The zero-order chi connectivity index (χ0) is 13.2. The Labute approximate surface area is 119 Å². The number of hydrogen-bond donors (Lipinski definition) is 0. The van der Waals surface area contributed by atoms with Crippen molar-refractivity contribution in [2.45, 2.75) is 63.8 Å². The molecular formula is C15H22N2OS. The van der Waals surface area contributed by atoms with Gasteiger partial charge >= 0.3 is 0 Å². The third-order valence-corrected chi connectivity index (χ3v) is 5.66. The van der Waals surface area contributed by atoms with Gasteiger partial charge in [0.25, 0.3) is 0 Å². The number of carbonyl (C=O) groups is 1. The molecule has 0 unspecified atom stereocenters. The van der Waals surface area contributed by atoms with Crippen LogP contribution in [0.2, 0.25) is 0 Å². The monoisotopic (exact) mass is 278 g/mol. The molecule has 0 bridgehead atoms. The Hall–Kier alpha value is -0.900. The largest absolute Gasteiger partial charge is 0.348 e. The second-order valence-electron chi connectivity index (χ2n) is 5.81. The van der Waals surface area contributed by atoms with Crippen LogP contribution >= 0.6 is 11.3 Å². The summed E-state index contributed by atoms with van der Waals surface area (Å²) in [6, 6.07) is 0.616. The number of fused-ring (bicyclic) bond motifs is 1. The van der Waals surface area contributed by atoms with E-state index in [0.717, 1.165) is 28.5 Å². The van der Waals surface area contributed by atoms with Crippen LogP contribution in [0.25, 0.3) is 0 Å². The van der Waals surface area contributed by atoms with Crippen LogP contribution in [0.5, 0.6) is 0 Å². The second-order valence-corrected chi connectivity index (χ2v) is 6.78. The third kappa shape index (κ3) is 2.69. The highest BCUT2D eigenvalue weighted by molar-refractivity contribution is 7.17. The van der Waals surface area contributed by atoms with Gasteiger partial charge in [-0.2, -0.15) is 0 Å². The number of thiazole rings is 1. The minimum absolute atomic E-state index is 0.305. The molecule has 0 aliphatic heterocycles. The number of ketones is 1. The van der Waals surface area contributed by atoms with E-state index in [4.69, 9.17) is 4.98 Å². The zero-order valence-corrected chi connectivity index (χ0v) is 12.5. The van der Waals surface area contributed by atoms with Crippen molar-refractivity contribution in [3.63, 3.8) is 0 Å². The number of anilines is 1. The van der Waals surface area contributed by atoms with Crippen molar-refractivity contribution >= 4 is 22.3 Å². The summed E-state index contributed by atoms with van der Waals surface area (Å²) in [5.74, 6) is 0.305. The molecule has 1 aromatic rings. The average molecular weight is 278 g/mol. The molecule has 1 aromatic heterocycles. The fourth-order valence-electron chi connectivity index (χ4n) is 3.21. The molecule has 1 saturated carbocycles. The molecule has 1 fully saturated rings. The second kappa shape index (κ2) is 5.61. The molecule has 2 aliphatic carbocycles. The minimum atomic E-state index is 0.305. The van der Waals surface area contributed by atoms with Crippen molar-refractivity contribution in [3.05, 3.63) is 10.6 Å². The molecule has 0 atom stereocenters. The van der Waals surface area contributed by atoms with E-state index in [1.165, 1.54) is 38.5 Å². The molecule has 3 nitrogen and oxygen atoms in total. The van der Waals surface area contributed by atoms with Crippen LogP contribution in [0.1, 0.15) is 66.7 Å². The van der Waals surface area contributed by atoms with Gasteiger partial charge in [0.2, 0.25) is 0 Å². The van der Waals surface area contributed by atoms with Crippen molar-refractivity contribution in [2.75, 3.05) is 11.9 Å². The van der Waals surface area contributed by atoms with Crippen molar-refractivity contribution in [1.82, 2.24) is 4.98 Å². The Morgan fingerprint density at radius 1 is 1.11 bits per heavy atom. The Balaban J connectivity index is 1.79. The van der Waals surface area contributed by atoms with Gasteiger partial charge in [-0.1, -0.05) is 37.0 Å². The maximum Gasteiger partial charge on any atom is 0.186 e. The van der Waals surface area contributed by atoms with E-state index in [2.05, 4.69) is 11.9 Å². The molecule has 4 heteroatoms. The molecule has 3 rings (SSSR count). The Morgan fingerprint density at radius 3 is 2.53 bits per heavy atom. The van der Waals surface area contributed by atoms with Crippen molar-refractivity contribution in [1.29, 1.82) is 0 Å². The molecular weight excluding hydrogens is 256 g/mol. The molecule has 0 aromatic carbocycles. The van der Waals surface area contributed by atoms with Crippen LogP contribution in [-0.4, -0.2) is 23.9 Å². The standard InChI is InChI=1S/C15H22N2OS/c1-17(11-7-4-2-3-5-8-11)15-16-12-9-6-10-13(18)14(12)19-15/h11H,2-10H2,1H3. The van der Waals surface area contributed by atoms with Crippen molar-refractivity contribution in [3.8, 4) is 0 Å². The Morgan fingerprint density at radius 2 is 1.84 bits per heavy atom. The lowest BCUT2D eigenvalue weighted by molar-refractivity contribution is 0.0976. The highest BCUT2D eigenvalue weighted by atomic mass is 32.1. The number of hydrogen-bond acceptors (Lipinski definition) is 4. The number of nitrogens with zero attached hydrogens (tertiary/aromatic N) is 2. The van der Waals surface area contributed by atoms with Gasteiger partial charge in [-0.15, -0.1) is 0 Å². The molecule has 0 spiro atoms. The first-order valence-corrected chi connectivity index (χ1v) is 8.33. The number of carbonyl (C=O) groups excluding carboxylic acids is 1. The first kappa shape index (κ1) is 13.1. The van der Waals surface area contributed by atoms with E-state index in [-0.39, 0.29) is 0 Å². The predicted molar refractivity (Wildman–Crippen MR) is 79.3 cm³/mol. The topological polar surface area (TPSA) is 33.2 Å². The van der Waals surface area contributed by atoms with Gasteiger partial charge in [0.15, 0.2) is 10.9 Å². The molecule has 104 valence electrons. The smallest absolute Gasteiger partial charge is 0.186 e. The maximum atomic E-state index is 11.9. The van der Waals surface area contributed by atoms with E-state index in [1.807, 2.05) is 0 Å². The van der Waals surface area contributed by atoms with E-state index in [0.29, 0.717) is 18.2 Å². The summed E-state index contributed by atoms with van der Waals surface area (Å²) in [6.45, 7) is 0. The minimum Gasteiger partial charge on any atom is -0.348 e. The van der Waals surface area contributed by atoms with Gasteiger partial charge in [0.05, 0.1) is 10.6 Å². The van der Waals surface area contributed by atoms with Gasteiger partial charge in [0, 0.05) is 19.5 Å². The quantitative estimate of drug-likeness (QED) is 0.771. The lowest BCUT2D eigenvalue weighted by atomic mass is 10.0. The van der Waals surface area contributed by atoms with E-state index < -0.39 is 0 Å². The highest BCUT2D eigenvalue weighted by Crippen LogP contribution is 2.34. The van der Waals surface area contributed by atoms with Crippen molar-refractivity contribution in [2.24, 2.45) is 0 Å². The van der Waals surface area contributed by atoms with Crippen LogP contribution in [0.3, 0.4) is 0 Å². The fourth-order valence-corrected chi connectivity index (χ4v) is 4.32. The van der Waals surface area contributed by atoms with Crippen LogP contribution in [-0.2, 0) is 6.42 Å². The summed E-state index contributed by atoms with van der Waals surface area (Å²) >= 11 is 1.62. The molecule has 0 radical (unpaired) electrons. The van der Waals surface area contributed by atoms with E-state index >= 15 is 0 Å². The Bertz CT molecular complexity index is 461. The van der Waals surface area contributed by atoms with Gasteiger partial charge in [-0.05, 0) is 25.7 Å². The summed E-state index contributed by atoms with van der Waals surface area (Å²) in [6.07, 6.45) is 10.6. The van der Waals surface area contributed by atoms with Gasteiger partial charge in [-0.25, -0.2) is 4.98 Å². The first-order chi connectivity index (χ1) is 9.25. The van der Waals surface area contributed by atoms with Crippen LogP contribution in [0.4, 0.5) is 5.13 Å². The van der Waals surface area contributed by atoms with Crippen LogP contribution in [0, 0.1) is 0 Å². The normalized spacial score (nSPS) is 21.0. The maximum absolute atomic E-state index is 11.9. The third-order valence-electron chi connectivity index (χ3n) is 4.43. The lowest BCUT2D eigenvalue weighted by Gasteiger charge is -2.26. The van der Waals surface area contributed by atoms with Gasteiger partial charge < -0.3 is 4.90 Å². The molecule has 1 heterocycles. The van der Waals surface area contributed by atoms with Crippen LogP contribution < -0.4 is 4.90 Å². The average Bonchev–Trinajstić information content (AvgIpc) is 2.67. The number of rotatable bonds is 2. The first-order valence-electron chi connectivity index (χ1n) is 7.51. The molecule has 19 heavy (non-hydrogen) atoms. The summed E-state index contributed by atoms with van der Waals surface area (Å²) < 4.78 is 0. The molecule has 0 saturated heterocycles. The molecule has 2 aliphatic rings. The summed E-state index contributed by atoms with van der Waals surface area (Å²) in [5, 5.41) is 1.06. The SMILES string of the molecule is CN(c1nc2c(s1)C(=O)CCC2)C1CCCCCC1. The van der Waals surface area contributed by atoms with Gasteiger partial charge in [-0.3, -0.25) is 4.79 Å². The highest BCUT2D eigenvalue weighted by Gasteiger charge is 2.25. The molecule has 0 amide bonds. The predicted octanol–water partition coefficient (Wildman–Crippen LogP) is 3.82. The lowest BCUT2D eigenvalue weighted by Crippen LogP contribution is -2.30. The Kier molecular flexibility index (Phi) is 3.87. The van der Waals surface area contributed by atoms with E-state index in [9.17, 15) is 4.79 Å². The summed E-state index contributed by atoms with van der Waals surface area (Å²) in [4.78, 5) is 19.9. The number of aromatic nitrogens is 1.